The van der Waals surface area contributed by atoms with Crippen LogP contribution in [0.3, 0.4) is 0 Å². The number of methoxy groups -OCH3 is 1. The van der Waals surface area contributed by atoms with E-state index in [0.29, 0.717) is 37.4 Å². The number of amides is 2. The molecule has 0 saturated heterocycles. The lowest BCUT2D eigenvalue weighted by Gasteiger charge is -2.17. The van der Waals surface area contributed by atoms with Gasteiger partial charge in [-0.2, -0.15) is 5.26 Å². The Morgan fingerprint density at radius 2 is 2.19 bits per heavy atom. The summed E-state index contributed by atoms with van der Waals surface area (Å²) in [7, 11) is 1.56. The molecule has 0 spiro atoms. The van der Waals surface area contributed by atoms with E-state index in [-0.39, 0.29) is 23.3 Å². The molecule has 8 nitrogen and oxygen atoms in total. The monoisotopic (exact) mass is 367 g/mol. The highest BCUT2D eigenvalue weighted by atomic mass is 16.5. The second kappa shape index (κ2) is 8.47. The fourth-order valence-electron chi connectivity index (χ4n) is 3.10. The normalized spacial score (nSPS) is 12.7. The zero-order valence-electron chi connectivity index (χ0n) is 15.1. The highest BCUT2D eigenvalue weighted by Crippen LogP contribution is 2.22. The molecule has 0 radical (unpaired) electrons. The fraction of sp³-hybridized carbons (Fsp3) is 0.368. The Morgan fingerprint density at radius 1 is 1.33 bits per heavy atom. The molecule has 140 valence electrons. The maximum Gasteiger partial charge on any atom is 0.287 e. The molecular formula is C19H21N5O3. The zero-order valence-corrected chi connectivity index (χ0v) is 15.1. The van der Waals surface area contributed by atoms with Crippen molar-refractivity contribution in [3.63, 3.8) is 0 Å². The van der Waals surface area contributed by atoms with Crippen molar-refractivity contribution in [2.24, 2.45) is 0 Å². The Hall–Kier alpha value is -3.18. The number of hydrogen-bond acceptors (Lipinski definition) is 5. The maximum atomic E-state index is 12.8. The predicted octanol–water partition coefficient (Wildman–Crippen LogP) is 1.72. The van der Waals surface area contributed by atoms with Crippen molar-refractivity contribution in [1.29, 1.82) is 5.26 Å². The Balaban J connectivity index is 1.85. The molecule has 1 aromatic heterocycles. The van der Waals surface area contributed by atoms with E-state index in [4.69, 9.17) is 10.00 Å². The minimum absolute atomic E-state index is 0.247. The van der Waals surface area contributed by atoms with E-state index in [1.807, 2.05) is 10.6 Å². The highest BCUT2D eigenvalue weighted by molar-refractivity contribution is 6.05. The highest BCUT2D eigenvalue weighted by Gasteiger charge is 2.27. The Labute approximate surface area is 157 Å². The van der Waals surface area contributed by atoms with Crippen molar-refractivity contribution < 1.29 is 14.3 Å². The molecule has 0 saturated carbocycles. The summed E-state index contributed by atoms with van der Waals surface area (Å²) in [4.78, 5) is 29.6. The molecule has 0 fully saturated rings. The van der Waals surface area contributed by atoms with Gasteiger partial charge in [0.25, 0.3) is 11.8 Å². The first-order valence-corrected chi connectivity index (χ1v) is 8.82. The average Bonchev–Trinajstić information content (AvgIpc) is 3.08. The van der Waals surface area contributed by atoms with Gasteiger partial charge in [0.2, 0.25) is 0 Å². The number of carbonyl (C=O) groups is 2. The summed E-state index contributed by atoms with van der Waals surface area (Å²) in [5.74, 6) is -0.455. The number of aromatic nitrogens is 2. The molecule has 0 aliphatic carbocycles. The van der Waals surface area contributed by atoms with E-state index in [9.17, 15) is 9.59 Å². The quantitative estimate of drug-likeness (QED) is 0.756. The number of hydrogen-bond donors (Lipinski definition) is 2. The van der Waals surface area contributed by atoms with Crippen LogP contribution in [0.15, 0.2) is 24.3 Å². The number of rotatable bonds is 6. The van der Waals surface area contributed by atoms with Crippen molar-refractivity contribution >= 4 is 17.5 Å². The molecule has 1 aromatic carbocycles. The summed E-state index contributed by atoms with van der Waals surface area (Å²) < 4.78 is 6.77. The Kier molecular flexibility index (Phi) is 5.84. The van der Waals surface area contributed by atoms with Gasteiger partial charge in [0.15, 0.2) is 11.5 Å². The molecule has 0 bridgehead atoms. The summed E-state index contributed by atoms with van der Waals surface area (Å²) in [6.07, 6.45) is 2.58. The molecule has 3 rings (SSSR count). The third-order valence-corrected chi connectivity index (χ3v) is 4.38. The van der Waals surface area contributed by atoms with E-state index >= 15 is 0 Å². The van der Waals surface area contributed by atoms with Crippen molar-refractivity contribution in [3.8, 4) is 6.07 Å². The summed E-state index contributed by atoms with van der Waals surface area (Å²) in [5, 5.41) is 14.5. The number of benzene rings is 1. The standard InChI is InChI=1S/C19H21N5O3/c1-27-10-8-21-19(26)17-23-16(15-7-2-3-9-24(15)17)18(25)22-14-6-4-5-13(11-14)12-20/h4-6,11H,2-3,7-10H2,1H3,(H,21,26)(H,22,25). The molecule has 1 aliphatic heterocycles. The first-order chi connectivity index (χ1) is 13.1. The molecule has 0 unspecified atom stereocenters. The molecule has 0 atom stereocenters. The Bertz CT molecular complexity index is 897. The number of carbonyl (C=O) groups excluding carboxylic acids is 2. The van der Waals surface area contributed by atoms with Crippen molar-refractivity contribution in [2.45, 2.75) is 25.8 Å². The van der Waals surface area contributed by atoms with E-state index in [1.165, 1.54) is 0 Å². The lowest BCUT2D eigenvalue weighted by Crippen LogP contribution is -2.30. The fourth-order valence-corrected chi connectivity index (χ4v) is 3.10. The van der Waals surface area contributed by atoms with Gasteiger partial charge >= 0.3 is 0 Å². The van der Waals surface area contributed by atoms with E-state index in [0.717, 1.165) is 18.5 Å². The number of anilines is 1. The average molecular weight is 367 g/mol. The predicted molar refractivity (Wildman–Crippen MR) is 98.5 cm³/mol. The maximum absolute atomic E-state index is 12.8. The van der Waals surface area contributed by atoms with Gasteiger partial charge in [-0.3, -0.25) is 9.59 Å². The van der Waals surface area contributed by atoms with Crippen LogP contribution < -0.4 is 10.6 Å². The zero-order chi connectivity index (χ0) is 19.2. The largest absolute Gasteiger partial charge is 0.383 e. The van der Waals surface area contributed by atoms with Gasteiger partial charge in [-0.25, -0.2) is 4.98 Å². The van der Waals surface area contributed by atoms with Crippen molar-refractivity contribution in [2.75, 3.05) is 25.6 Å². The second-order valence-corrected chi connectivity index (χ2v) is 6.23. The Morgan fingerprint density at radius 3 is 2.96 bits per heavy atom. The van der Waals surface area contributed by atoms with Crippen LogP contribution in [0, 0.1) is 11.3 Å². The van der Waals surface area contributed by atoms with Crippen LogP contribution in [0.2, 0.25) is 0 Å². The van der Waals surface area contributed by atoms with Crippen molar-refractivity contribution in [1.82, 2.24) is 14.9 Å². The summed E-state index contributed by atoms with van der Waals surface area (Å²) >= 11 is 0. The molecule has 2 amide bonds. The van der Waals surface area contributed by atoms with E-state index in [1.54, 1.807) is 31.4 Å². The van der Waals surface area contributed by atoms with Gasteiger partial charge in [0.05, 0.1) is 23.9 Å². The minimum atomic E-state index is -0.383. The number of imidazole rings is 1. The lowest BCUT2D eigenvalue weighted by molar-refractivity contribution is 0.0921. The molecular weight excluding hydrogens is 346 g/mol. The van der Waals surface area contributed by atoms with Crippen LogP contribution in [0.5, 0.6) is 0 Å². The SMILES string of the molecule is COCCNC(=O)c1nc(C(=O)Nc2cccc(C#N)c2)c2n1CCCC2. The number of ether oxygens (including phenoxy) is 1. The lowest BCUT2D eigenvalue weighted by atomic mass is 10.1. The van der Waals surface area contributed by atoms with E-state index in [2.05, 4.69) is 15.6 Å². The molecule has 1 aliphatic rings. The third-order valence-electron chi connectivity index (χ3n) is 4.38. The summed E-state index contributed by atoms with van der Waals surface area (Å²) in [6, 6.07) is 8.71. The second-order valence-electron chi connectivity index (χ2n) is 6.23. The summed E-state index contributed by atoms with van der Waals surface area (Å²) in [5.41, 5.74) is 2.00. The molecule has 8 heteroatoms. The summed E-state index contributed by atoms with van der Waals surface area (Å²) in [6.45, 7) is 1.44. The van der Waals surface area contributed by atoms with Crippen LogP contribution >= 0.6 is 0 Å². The van der Waals surface area contributed by atoms with Crippen LogP contribution in [0.4, 0.5) is 5.69 Å². The third kappa shape index (κ3) is 4.15. The number of fused-ring (bicyclic) bond motifs is 1. The van der Waals surface area contributed by atoms with Gasteiger partial charge in [-0.1, -0.05) is 6.07 Å². The van der Waals surface area contributed by atoms with Crippen LogP contribution in [-0.2, 0) is 17.7 Å². The van der Waals surface area contributed by atoms with Crippen LogP contribution in [0.25, 0.3) is 0 Å². The van der Waals surface area contributed by atoms with Gasteiger partial charge in [0, 0.05) is 25.9 Å². The minimum Gasteiger partial charge on any atom is -0.383 e. The number of nitrogens with one attached hydrogen (secondary N) is 2. The first kappa shape index (κ1) is 18.6. The van der Waals surface area contributed by atoms with E-state index < -0.39 is 0 Å². The van der Waals surface area contributed by atoms with Crippen LogP contribution in [0.1, 0.15) is 45.2 Å². The number of nitrogens with zero attached hydrogens (tertiary/aromatic N) is 3. The van der Waals surface area contributed by atoms with Crippen molar-refractivity contribution in [3.05, 3.63) is 47.0 Å². The molecule has 2 N–H and O–H groups in total. The molecule has 2 heterocycles. The van der Waals surface area contributed by atoms with Gasteiger partial charge in [0.1, 0.15) is 0 Å². The molecule has 27 heavy (non-hydrogen) atoms. The smallest absolute Gasteiger partial charge is 0.287 e. The van der Waals surface area contributed by atoms with Gasteiger partial charge in [-0.15, -0.1) is 0 Å². The number of nitriles is 1. The van der Waals surface area contributed by atoms with Gasteiger partial charge in [-0.05, 0) is 37.5 Å². The van der Waals surface area contributed by atoms with Gasteiger partial charge < -0.3 is 19.9 Å². The first-order valence-electron chi connectivity index (χ1n) is 8.82. The topological polar surface area (TPSA) is 109 Å². The van der Waals surface area contributed by atoms with Crippen LogP contribution in [-0.4, -0.2) is 41.6 Å². The molecule has 2 aromatic rings.